The normalized spacial score (nSPS) is 30.6. The number of halogens is 2. The number of hydrogen-bond donors (Lipinski definition) is 0. The van der Waals surface area contributed by atoms with Crippen LogP contribution in [0, 0.1) is 35.5 Å². The number of carbonyl (C=O) groups excluding carboxylic acids is 2. The van der Waals surface area contributed by atoms with Crippen LogP contribution in [0.2, 0.25) is 5.02 Å². The molecular weight excluding hydrogens is 520 g/mol. The van der Waals surface area contributed by atoms with Crippen molar-refractivity contribution in [2.24, 2.45) is 40.6 Å². The number of methoxy groups -OCH3 is 1. The summed E-state index contributed by atoms with van der Waals surface area (Å²) in [4.78, 5) is 26.2. The Hall–Kier alpha value is -2.64. The fourth-order valence-corrected chi connectivity index (χ4v) is 6.57. The van der Waals surface area contributed by atoms with Gasteiger partial charge in [0.1, 0.15) is 6.61 Å². The quantitative estimate of drug-likeness (QED) is 0.291. The fourth-order valence-electron chi connectivity index (χ4n) is 5.87. The van der Waals surface area contributed by atoms with E-state index in [-0.39, 0.29) is 35.5 Å². The third-order valence-corrected chi connectivity index (χ3v) is 8.35. The predicted octanol–water partition coefficient (Wildman–Crippen LogP) is 5.08. The molecule has 2 aromatic rings. The molecule has 1 heterocycles. The summed E-state index contributed by atoms with van der Waals surface area (Å²) in [5.41, 5.74) is 1.65. The van der Waals surface area contributed by atoms with Gasteiger partial charge in [-0.3, -0.25) is 9.59 Å². The molecule has 1 aliphatic heterocycles. The standard InChI is InChI=1S/C26H22BrClN2O4/c1-33-21-9-14(8-20(27)24(21)34-12-13-2-4-15(28)5-3-13)11-29-30-25(31)22-16-6-7-17(19-10-18(16)19)23(22)26(30)32/h2-9,11,16-19,22-23H,10,12H2,1H3/t16-,17-,18-,19+,22-,23+/m0/s1. The number of hydrazone groups is 1. The molecule has 2 amide bonds. The van der Waals surface area contributed by atoms with Gasteiger partial charge in [-0.05, 0) is 81.4 Å². The van der Waals surface area contributed by atoms with Crippen LogP contribution in [-0.2, 0) is 16.2 Å². The highest BCUT2D eigenvalue weighted by Gasteiger charge is 2.67. The van der Waals surface area contributed by atoms with E-state index in [4.69, 9.17) is 21.1 Å². The first-order valence-corrected chi connectivity index (χ1v) is 12.5. The number of hydrogen-bond acceptors (Lipinski definition) is 5. The number of allylic oxidation sites excluding steroid dienone is 2. The lowest BCUT2D eigenvalue weighted by atomic mass is 9.63. The van der Waals surface area contributed by atoms with Gasteiger partial charge in [0, 0.05) is 5.02 Å². The molecule has 4 aliphatic carbocycles. The maximum absolute atomic E-state index is 13.1. The molecule has 2 aromatic carbocycles. The van der Waals surface area contributed by atoms with E-state index in [1.807, 2.05) is 30.3 Å². The molecule has 2 saturated carbocycles. The molecule has 0 unspecified atom stereocenters. The van der Waals surface area contributed by atoms with Gasteiger partial charge in [-0.2, -0.15) is 10.1 Å². The van der Waals surface area contributed by atoms with E-state index in [1.165, 1.54) is 6.21 Å². The Labute approximate surface area is 210 Å². The zero-order valence-corrected chi connectivity index (χ0v) is 20.7. The van der Waals surface area contributed by atoms with E-state index in [0.717, 1.165) is 17.0 Å². The summed E-state index contributed by atoms with van der Waals surface area (Å²) in [6.45, 7) is 0.345. The van der Waals surface area contributed by atoms with Gasteiger partial charge in [0.2, 0.25) is 0 Å². The van der Waals surface area contributed by atoms with Gasteiger partial charge >= 0.3 is 0 Å². The van der Waals surface area contributed by atoms with Gasteiger partial charge in [0.25, 0.3) is 11.8 Å². The highest BCUT2D eigenvalue weighted by atomic mass is 79.9. The van der Waals surface area contributed by atoms with Crippen molar-refractivity contribution in [1.29, 1.82) is 0 Å². The summed E-state index contributed by atoms with van der Waals surface area (Å²) < 4.78 is 12.2. The lowest BCUT2D eigenvalue weighted by Gasteiger charge is -2.37. The summed E-state index contributed by atoms with van der Waals surface area (Å²) in [6, 6.07) is 11.0. The second kappa shape index (κ2) is 8.24. The smallest absolute Gasteiger partial charge is 0.254 e. The first-order chi connectivity index (χ1) is 16.5. The van der Waals surface area contributed by atoms with Gasteiger partial charge in [-0.25, -0.2) is 0 Å². The Morgan fingerprint density at radius 2 is 1.74 bits per heavy atom. The summed E-state index contributed by atoms with van der Waals surface area (Å²) in [5.74, 6) is 1.70. The largest absolute Gasteiger partial charge is 0.493 e. The van der Waals surface area contributed by atoms with Gasteiger partial charge in [0.05, 0.1) is 29.6 Å². The average molecular weight is 542 g/mol. The minimum absolute atomic E-state index is 0.176. The molecule has 0 aromatic heterocycles. The monoisotopic (exact) mass is 540 g/mol. The zero-order valence-electron chi connectivity index (χ0n) is 18.4. The number of amides is 2. The van der Waals surface area contributed by atoms with Gasteiger partial charge < -0.3 is 9.47 Å². The summed E-state index contributed by atoms with van der Waals surface area (Å²) >= 11 is 9.49. The van der Waals surface area contributed by atoms with Crippen LogP contribution in [0.3, 0.4) is 0 Å². The molecule has 1 saturated heterocycles. The van der Waals surface area contributed by atoms with E-state index in [2.05, 4.69) is 33.2 Å². The van der Waals surface area contributed by atoms with Gasteiger partial charge in [-0.15, -0.1) is 0 Å². The van der Waals surface area contributed by atoms with E-state index < -0.39 is 0 Å². The average Bonchev–Trinajstić information content (AvgIpc) is 3.62. The van der Waals surface area contributed by atoms with Gasteiger partial charge in [0.15, 0.2) is 11.5 Å². The van der Waals surface area contributed by atoms with Crippen molar-refractivity contribution in [3.05, 3.63) is 69.2 Å². The molecule has 2 bridgehead atoms. The van der Waals surface area contributed by atoms with Crippen molar-refractivity contribution >= 4 is 45.6 Å². The van der Waals surface area contributed by atoms with Crippen molar-refractivity contribution in [2.75, 3.05) is 7.11 Å². The Bertz CT molecular complexity index is 1210. The highest BCUT2D eigenvalue weighted by Crippen LogP contribution is 2.65. The molecule has 0 radical (unpaired) electrons. The molecule has 0 spiro atoms. The van der Waals surface area contributed by atoms with Crippen molar-refractivity contribution in [3.63, 3.8) is 0 Å². The number of benzene rings is 2. The van der Waals surface area contributed by atoms with Crippen molar-refractivity contribution in [2.45, 2.75) is 13.0 Å². The van der Waals surface area contributed by atoms with E-state index >= 15 is 0 Å². The SMILES string of the molecule is COc1cc(C=NN2C(=O)[C@@H]3[C@H]4C=C[C@@H]([C@@H]5C[C@H]45)[C@@H]3C2=O)cc(Br)c1OCc1ccc(Cl)cc1. The summed E-state index contributed by atoms with van der Waals surface area (Å²) in [5, 5.41) is 6.07. The highest BCUT2D eigenvalue weighted by molar-refractivity contribution is 9.10. The van der Waals surface area contributed by atoms with E-state index in [0.29, 0.717) is 45.0 Å². The molecule has 6 atom stereocenters. The lowest BCUT2D eigenvalue weighted by Crippen LogP contribution is -2.40. The molecule has 34 heavy (non-hydrogen) atoms. The Kier molecular flexibility index (Phi) is 5.30. The first kappa shape index (κ1) is 21.9. The third kappa shape index (κ3) is 3.48. The van der Waals surface area contributed by atoms with Crippen molar-refractivity contribution < 1.29 is 19.1 Å². The van der Waals surface area contributed by atoms with Crippen LogP contribution in [0.5, 0.6) is 11.5 Å². The first-order valence-electron chi connectivity index (χ1n) is 11.3. The molecule has 7 rings (SSSR count). The number of rotatable bonds is 6. The van der Waals surface area contributed by atoms with Crippen molar-refractivity contribution in [3.8, 4) is 11.5 Å². The second-order valence-corrected chi connectivity index (χ2v) is 10.6. The lowest BCUT2D eigenvalue weighted by molar-refractivity contribution is -0.140. The van der Waals surface area contributed by atoms with Crippen molar-refractivity contribution in [1.82, 2.24) is 5.01 Å². The van der Waals surface area contributed by atoms with Crippen LogP contribution in [0.15, 0.2) is 58.1 Å². The fraction of sp³-hybridized carbons (Fsp3) is 0.346. The molecule has 174 valence electrons. The third-order valence-electron chi connectivity index (χ3n) is 7.51. The second-order valence-electron chi connectivity index (χ2n) is 9.34. The van der Waals surface area contributed by atoms with Crippen LogP contribution in [0.4, 0.5) is 0 Å². The summed E-state index contributed by atoms with van der Waals surface area (Å²) in [6.07, 6.45) is 6.98. The molecule has 0 N–H and O–H groups in total. The summed E-state index contributed by atoms with van der Waals surface area (Å²) in [7, 11) is 1.56. The number of carbonyl (C=O) groups is 2. The van der Waals surface area contributed by atoms with E-state index in [1.54, 1.807) is 13.2 Å². The molecule has 8 heteroatoms. The van der Waals surface area contributed by atoms with Gasteiger partial charge in [-0.1, -0.05) is 35.9 Å². The molecular formula is C26H22BrClN2O4. The van der Waals surface area contributed by atoms with Crippen LogP contribution < -0.4 is 9.47 Å². The number of ether oxygens (including phenoxy) is 2. The zero-order chi connectivity index (χ0) is 23.6. The van der Waals surface area contributed by atoms with Crippen LogP contribution >= 0.6 is 27.5 Å². The maximum Gasteiger partial charge on any atom is 0.254 e. The molecule has 5 aliphatic rings. The topological polar surface area (TPSA) is 68.2 Å². The molecule has 3 fully saturated rings. The van der Waals surface area contributed by atoms with Crippen LogP contribution in [0.25, 0.3) is 0 Å². The predicted molar refractivity (Wildman–Crippen MR) is 131 cm³/mol. The number of imide groups is 1. The van der Waals surface area contributed by atoms with E-state index in [9.17, 15) is 9.59 Å². The Balaban J connectivity index is 1.20. The Morgan fingerprint density at radius 1 is 1.09 bits per heavy atom. The molecule has 6 nitrogen and oxygen atoms in total. The van der Waals surface area contributed by atoms with Crippen LogP contribution in [0.1, 0.15) is 17.5 Å². The Morgan fingerprint density at radius 3 is 2.35 bits per heavy atom. The van der Waals surface area contributed by atoms with Crippen LogP contribution in [-0.4, -0.2) is 30.1 Å². The number of nitrogens with zero attached hydrogens (tertiary/aromatic N) is 2. The minimum Gasteiger partial charge on any atom is -0.493 e. The maximum atomic E-state index is 13.1. The minimum atomic E-state index is -0.256.